The molecule has 0 aliphatic heterocycles. The van der Waals surface area contributed by atoms with E-state index in [1.54, 1.807) is 12.2 Å². The minimum atomic E-state index is 0.516. The fraction of sp³-hybridized carbons (Fsp3) is 0.800. The molecular weight excluding hydrogens is 204 g/mol. The number of nitriles is 2. The lowest BCUT2D eigenvalue weighted by Gasteiger charge is -2.27. The molecule has 0 aliphatic carbocycles. The molecule has 0 aromatic heterocycles. The molecular formula is C10H18N6. The van der Waals surface area contributed by atoms with E-state index in [2.05, 4.69) is 22.5 Å². The molecule has 0 aliphatic rings. The van der Waals surface area contributed by atoms with Crippen molar-refractivity contribution < 1.29 is 0 Å². The molecule has 0 heterocycles. The van der Waals surface area contributed by atoms with Crippen LogP contribution in [0, 0.1) is 22.7 Å². The predicted octanol–water partition coefficient (Wildman–Crippen LogP) is 1.74. The molecule has 0 radical (unpaired) electrons. The van der Waals surface area contributed by atoms with Crippen LogP contribution in [-0.2, 0) is 0 Å². The fourth-order valence-corrected chi connectivity index (χ4v) is 1.19. The lowest BCUT2D eigenvalue weighted by atomic mass is 10.3. The van der Waals surface area contributed by atoms with E-state index in [0.29, 0.717) is 19.4 Å². The number of hydrogen-bond donors (Lipinski definition) is 0. The van der Waals surface area contributed by atoms with Gasteiger partial charge < -0.3 is 0 Å². The van der Waals surface area contributed by atoms with Gasteiger partial charge in [0.05, 0.1) is 25.7 Å². The van der Waals surface area contributed by atoms with E-state index in [9.17, 15) is 0 Å². The SMILES string of the molecule is CN=NN(CCCC#N)N(C)CCCC#N. The van der Waals surface area contributed by atoms with Crippen LogP contribution in [0.15, 0.2) is 10.3 Å². The van der Waals surface area contributed by atoms with Crippen molar-refractivity contribution >= 4 is 0 Å². The number of unbranched alkanes of at least 4 members (excludes halogenated alkanes) is 2. The summed E-state index contributed by atoms with van der Waals surface area (Å²) in [6.45, 7) is 1.44. The van der Waals surface area contributed by atoms with Gasteiger partial charge in [-0.3, -0.25) is 0 Å². The second kappa shape index (κ2) is 9.88. The van der Waals surface area contributed by atoms with Crippen LogP contribution in [0.3, 0.4) is 0 Å². The van der Waals surface area contributed by atoms with Gasteiger partial charge in [-0.25, -0.2) is 10.1 Å². The maximum absolute atomic E-state index is 8.45. The Bertz CT molecular complexity index is 274. The lowest BCUT2D eigenvalue weighted by molar-refractivity contribution is -0.00845. The van der Waals surface area contributed by atoms with Gasteiger partial charge in [0.2, 0.25) is 0 Å². The topological polar surface area (TPSA) is 78.8 Å². The Hall–Kier alpha value is -1.66. The van der Waals surface area contributed by atoms with Gasteiger partial charge in [-0.05, 0) is 12.8 Å². The third-order valence-electron chi connectivity index (χ3n) is 2.00. The van der Waals surface area contributed by atoms with Crippen molar-refractivity contribution in [2.45, 2.75) is 25.7 Å². The quantitative estimate of drug-likeness (QED) is 0.356. The molecule has 0 N–H and O–H groups in total. The van der Waals surface area contributed by atoms with Crippen LogP contribution in [0.2, 0.25) is 0 Å². The Kier molecular flexibility index (Phi) is 8.85. The fourth-order valence-electron chi connectivity index (χ4n) is 1.19. The predicted molar refractivity (Wildman–Crippen MR) is 59.8 cm³/mol. The number of rotatable bonds is 8. The van der Waals surface area contributed by atoms with Gasteiger partial charge in [0.15, 0.2) is 0 Å². The molecule has 0 bridgehead atoms. The van der Waals surface area contributed by atoms with Crippen molar-refractivity contribution in [3.05, 3.63) is 0 Å². The third-order valence-corrected chi connectivity index (χ3v) is 2.00. The highest BCUT2D eigenvalue weighted by Crippen LogP contribution is 2.02. The highest BCUT2D eigenvalue weighted by atomic mass is 15.8. The van der Waals surface area contributed by atoms with Gasteiger partial charge in [-0.2, -0.15) is 15.6 Å². The zero-order valence-corrected chi connectivity index (χ0v) is 9.93. The average molecular weight is 222 g/mol. The highest BCUT2D eigenvalue weighted by Gasteiger charge is 2.07. The first-order valence-electron chi connectivity index (χ1n) is 5.28. The maximum Gasteiger partial charge on any atom is 0.0622 e. The summed E-state index contributed by atoms with van der Waals surface area (Å²) >= 11 is 0. The molecule has 0 unspecified atom stereocenters. The van der Waals surface area contributed by atoms with Crippen LogP contribution in [0.4, 0.5) is 0 Å². The van der Waals surface area contributed by atoms with E-state index >= 15 is 0 Å². The standard InChI is InChI=1S/C10H18N6/c1-13-14-16(10-6-4-8-12)15(2)9-5-3-7-11/h3-6,9-10H2,1-2H3. The molecule has 0 aromatic rings. The molecule has 0 aromatic carbocycles. The Balaban J connectivity index is 3.99. The van der Waals surface area contributed by atoms with Crippen LogP contribution < -0.4 is 0 Å². The molecule has 0 atom stereocenters. The second-order valence-corrected chi connectivity index (χ2v) is 3.29. The largest absolute Gasteiger partial charge is 0.209 e. The van der Waals surface area contributed by atoms with Crippen molar-refractivity contribution in [3.63, 3.8) is 0 Å². The number of hydrazine groups is 1. The molecule has 6 heteroatoms. The number of nitrogens with zero attached hydrogens (tertiary/aromatic N) is 6. The first-order chi connectivity index (χ1) is 7.76. The van der Waals surface area contributed by atoms with Crippen molar-refractivity contribution in [1.29, 1.82) is 10.5 Å². The summed E-state index contributed by atoms with van der Waals surface area (Å²) in [6, 6.07) is 4.20. The zero-order valence-electron chi connectivity index (χ0n) is 9.93. The lowest BCUT2D eigenvalue weighted by Crippen LogP contribution is -2.36. The molecule has 0 rings (SSSR count). The molecule has 0 amide bonds. The number of hydrogen-bond acceptors (Lipinski definition) is 5. The minimum Gasteiger partial charge on any atom is -0.209 e. The zero-order chi connectivity index (χ0) is 12.2. The summed E-state index contributed by atoms with van der Waals surface area (Å²) in [5.41, 5.74) is 0. The van der Waals surface area contributed by atoms with Crippen LogP contribution in [-0.4, -0.2) is 37.3 Å². The van der Waals surface area contributed by atoms with Crippen LogP contribution in [0.5, 0.6) is 0 Å². The summed E-state index contributed by atoms with van der Waals surface area (Å²) in [5, 5.41) is 28.2. The van der Waals surface area contributed by atoms with E-state index < -0.39 is 0 Å². The molecule has 6 nitrogen and oxygen atoms in total. The van der Waals surface area contributed by atoms with E-state index in [-0.39, 0.29) is 0 Å². The summed E-state index contributed by atoms with van der Waals surface area (Å²) in [4.78, 5) is 0. The van der Waals surface area contributed by atoms with E-state index in [1.165, 1.54) is 0 Å². The molecule has 0 spiro atoms. The van der Waals surface area contributed by atoms with Crippen LogP contribution >= 0.6 is 0 Å². The van der Waals surface area contributed by atoms with Crippen molar-refractivity contribution in [1.82, 2.24) is 10.1 Å². The van der Waals surface area contributed by atoms with Gasteiger partial charge >= 0.3 is 0 Å². The van der Waals surface area contributed by atoms with Gasteiger partial charge in [0.1, 0.15) is 0 Å². The van der Waals surface area contributed by atoms with E-state index in [1.807, 2.05) is 12.1 Å². The summed E-state index contributed by atoms with van der Waals surface area (Å²) in [5.74, 6) is 0. The molecule has 0 fully saturated rings. The van der Waals surface area contributed by atoms with Gasteiger partial charge in [-0.1, -0.05) is 5.22 Å². The Morgan fingerprint density at radius 2 is 1.62 bits per heavy atom. The molecule has 0 saturated heterocycles. The Morgan fingerprint density at radius 1 is 1.06 bits per heavy atom. The van der Waals surface area contributed by atoms with Crippen LogP contribution in [0.25, 0.3) is 0 Å². The minimum absolute atomic E-state index is 0.516. The monoisotopic (exact) mass is 222 g/mol. The summed E-state index contributed by atoms with van der Waals surface area (Å²) < 4.78 is 0. The Morgan fingerprint density at radius 3 is 2.12 bits per heavy atom. The molecule has 0 saturated carbocycles. The van der Waals surface area contributed by atoms with Crippen molar-refractivity contribution in [2.24, 2.45) is 10.3 Å². The molecule has 16 heavy (non-hydrogen) atoms. The van der Waals surface area contributed by atoms with Crippen LogP contribution in [0.1, 0.15) is 25.7 Å². The van der Waals surface area contributed by atoms with Gasteiger partial charge in [-0.15, -0.1) is 0 Å². The second-order valence-electron chi connectivity index (χ2n) is 3.29. The van der Waals surface area contributed by atoms with E-state index in [0.717, 1.165) is 19.4 Å². The van der Waals surface area contributed by atoms with Crippen molar-refractivity contribution in [3.8, 4) is 12.1 Å². The summed E-state index contributed by atoms with van der Waals surface area (Å²) in [7, 11) is 3.51. The Labute approximate surface area is 96.7 Å². The first kappa shape index (κ1) is 14.3. The van der Waals surface area contributed by atoms with Crippen molar-refractivity contribution in [2.75, 3.05) is 27.2 Å². The van der Waals surface area contributed by atoms with Gasteiger partial charge in [0.25, 0.3) is 0 Å². The first-order valence-corrected chi connectivity index (χ1v) is 5.28. The summed E-state index contributed by atoms with van der Waals surface area (Å²) in [6.07, 6.45) is 2.63. The smallest absolute Gasteiger partial charge is 0.0622 e. The normalized spacial score (nSPS) is 10.3. The average Bonchev–Trinajstić information content (AvgIpc) is 2.28. The highest BCUT2D eigenvalue weighted by molar-refractivity contribution is 4.70. The molecule has 88 valence electrons. The van der Waals surface area contributed by atoms with E-state index in [4.69, 9.17) is 10.5 Å². The van der Waals surface area contributed by atoms with Gasteiger partial charge in [0, 0.05) is 26.4 Å². The third kappa shape index (κ3) is 6.74. The maximum atomic E-state index is 8.45.